The van der Waals surface area contributed by atoms with E-state index in [1.165, 1.54) is 0 Å². The van der Waals surface area contributed by atoms with Crippen molar-refractivity contribution in [1.82, 2.24) is 5.32 Å². The van der Waals surface area contributed by atoms with Crippen LogP contribution in [0.25, 0.3) is 0 Å². The lowest BCUT2D eigenvalue weighted by Gasteiger charge is -2.25. The van der Waals surface area contributed by atoms with Crippen LogP contribution in [-0.2, 0) is 14.3 Å². The van der Waals surface area contributed by atoms with E-state index >= 15 is 0 Å². The van der Waals surface area contributed by atoms with E-state index in [-0.39, 0.29) is 35.4 Å². The summed E-state index contributed by atoms with van der Waals surface area (Å²) in [5, 5.41) is 2.39. The molecule has 0 unspecified atom stereocenters. The van der Waals surface area contributed by atoms with Gasteiger partial charge >= 0.3 is 0 Å². The van der Waals surface area contributed by atoms with Crippen molar-refractivity contribution in [1.29, 1.82) is 0 Å². The van der Waals surface area contributed by atoms with Gasteiger partial charge in [0.25, 0.3) is 0 Å². The second-order valence-electron chi connectivity index (χ2n) is 4.36. The van der Waals surface area contributed by atoms with Gasteiger partial charge in [-0.2, -0.15) is 0 Å². The second-order valence-corrected chi connectivity index (χ2v) is 4.36. The number of carbonyl (C=O) groups is 2. The molecule has 4 nitrogen and oxygen atoms in total. The van der Waals surface area contributed by atoms with Crippen molar-refractivity contribution in [3.63, 3.8) is 0 Å². The monoisotopic (exact) mass is 181 g/mol. The first-order chi connectivity index (χ1) is 6.12. The van der Waals surface area contributed by atoms with Crippen LogP contribution in [-0.4, -0.2) is 23.5 Å². The minimum atomic E-state index is -0.369. The lowest BCUT2D eigenvalue weighted by atomic mass is 9.74. The highest BCUT2D eigenvalue weighted by atomic mass is 16.5. The van der Waals surface area contributed by atoms with Crippen LogP contribution in [0.4, 0.5) is 0 Å². The number of hydrogen-bond acceptors (Lipinski definition) is 3. The number of nitrogens with one attached hydrogen (secondary N) is 1. The molecule has 3 saturated heterocycles. The zero-order valence-electron chi connectivity index (χ0n) is 7.37. The molecule has 3 fully saturated rings. The SMILES string of the molecule is C[C@@]12CC[C@@H](O1)[C@@H]1C(=O)NC(=O)[C@@H]12. The van der Waals surface area contributed by atoms with E-state index in [4.69, 9.17) is 4.74 Å². The fourth-order valence-corrected chi connectivity index (χ4v) is 3.01. The topological polar surface area (TPSA) is 55.4 Å². The largest absolute Gasteiger partial charge is 0.370 e. The minimum Gasteiger partial charge on any atom is -0.370 e. The smallest absolute Gasteiger partial charge is 0.233 e. The molecule has 0 saturated carbocycles. The summed E-state index contributed by atoms with van der Waals surface area (Å²) in [6.07, 6.45) is 1.80. The second kappa shape index (κ2) is 1.95. The highest BCUT2D eigenvalue weighted by Gasteiger charge is 2.65. The Labute approximate surface area is 75.6 Å². The van der Waals surface area contributed by atoms with Crippen LogP contribution in [0.15, 0.2) is 0 Å². The molecule has 2 bridgehead atoms. The third-order valence-corrected chi connectivity index (χ3v) is 3.60. The summed E-state index contributed by atoms with van der Waals surface area (Å²) >= 11 is 0. The molecule has 0 spiro atoms. The van der Waals surface area contributed by atoms with Crippen LogP contribution < -0.4 is 5.32 Å². The molecule has 2 amide bonds. The van der Waals surface area contributed by atoms with Gasteiger partial charge in [0.15, 0.2) is 0 Å². The average molecular weight is 181 g/mol. The maximum Gasteiger partial charge on any atom is 0.233 e. The maximum atomic E-state index is 11.4. The Morgan fingerprint density at radius 2 is 2.23 bits per heavy atom. The van der Waals surface area contributed by atoms with E-state index in [1.807, 2.05) is 6.92 Å². The molecule has 3 heterocycles. The third kappa shape index (κ3) is 0.705. The summed E-state index contributed by atoms with van der Waals surface area (Å²) in [5.74, 6) is -0.701. The molecule has 1 N–H and O–H groups in total. The highest BCUT2D eigenvalue weighted by Crippen LogP contribution is 2.52. The van der Waals surface area contributed by atoms with Gasteiger partial charge in [-0.1, -0.05) is 0 Å². The summed E-state index contributed by atoms with van der Waals surface area (Å²) in [6.45, 7) is 1.94. The van der Waals surface area contributed by atoms with E-state index in [0.717, 1.165) is 12.8 Å². The van der Waals surface area contributed by atoms with Crippen LogP contribution >= 0.6 is 0 Å². The number of amides is 2. The average Bonchev–Trinajstić information content (AvgIpc) is 2.62. The highest BCUT2D eigenvalue weighted by molar-refractivity contribution is 6.06. The normalized spacial score (nSPS) is 52.5. The van der Waals surface area contributed by atoms with Gasteiger partial charge in [-0.05, 0) is 19.8 Å². The van der Waals surface area contributed by atoms with E-state index < -0.39 is 0 Å². The first-order valence-electron chi connectivity index (χ1n) is 4.64. The van der Waals surface area contributed by atoms with Crippen molar-refractivity contribution < 1.29 is 14.3 Å². The lowest BCUT2D eigenvalue weighted by Crippen LogP contribution is -2.38. The Balaban J connectivity index is 2.08. The molecule has 3 aliphatic heterocycles. The predicted octanol–water partition coefficient (Wildman–Crippen LogP) is -0.174. The van der Waals surface area contributed by atoms with E-state index in [0.29, 0.717) is 0 Å². The fraction of sp³-hybridized carbons (Fsp3) is 0.778. The van der Waals surface area contributed by atoms with Crippen LogP contribution in [0, 0.1) is 11.8 Å². The minimum absolute atomic E-state index is 0.0125. The van der Waals surface area contributed by atoms with E-state index in [2.05, 4.69) is 5.32 Å². The van der Waals surface area contributed by atoms with Crippen molar-refractivity contribution in [3.05, 3.63) is 0 Å². The zero-order chi connectivity index (χ0) is 9.22. The van der Waals surface area contributed by atoms with Gasteiger partial charge in [-0.25, -0.2) is 0 Å². The quantitative estimate of drug-likeness (QED) is 0.528. The molecule has 0 aliphatic carbocycles. The van der Waals surface area contributed by atoms with Crippen molar-refractivity contribution in [2.45, 2.75) is 31.5 Å². The molecule has 4 heteroatoms. The predicted molar refractivity (Wildman–Crippen MR) is 42.6 cm³/mol. The molecular formula is C9H11NO3. The molecule has 4 atom stereocenters. The van der Waals surface area contributed by atoms with Crippen molar-refractivity contribution in [2.75, 3.05) is 0 Å². The third-order valence-electron chi connectivity index (χ3n) is 3.60. The van der Waals surface area contributed by atoms with E-state index in [1.54, 1.807) is 0 Å². The molecule has 0 aromatic rings. The molecule has 0 aromatic carbocycles. The Morgan fingerprint density at radius 3 is 2.92 bits per heavy atom. The molecule has 13 heavy (non-hydrogen) atoms. The molecular weight excluding hydrogens is 170 g/mol. The van der Waals surface area contributed by atoms with Crippen LogP contribution in [0.3, 0.4) is 0 Å². The van der Waals surface area contributed by atoms with Gasteiger partial charge < -0.3 is 4.74 Å². The molecule has 0 radical (unpaired) electrons. The van der Waals surface area contributed by atoms with Gasteiger partial charge in [0.2, 0.25) is 11.8 Å². The summed E-state index contributed by atoms with van der Waals surface area (Å²) in [5.41, 5.74) is -0.369. The zero-order valence-corrected chi connectivity index (χ0v) is 7.37. The Hall–Kier alpha value is -0.900. The summed E-state index contributed by atoms with van der Waals surface area (Å²) in [4.78, 5) is 22.8. The van der Waals surface area contributed by atoms with Gasteiger partial charge in [-0.15, -0.1) is 0 Å². The Morgan fingerprint density at radius 1 is 1.46 bits per heavy atom. The van der Waals surface area contributed by atoms with Crippen LogP contribution in [0.5, 0.6) is 0 Å². The number of rotatable bonds is 0. The van der Waals surface area contributed by atoms with Crippen molar-refractivity contribution in [3.8, 4) is 0 Å². The number of imide groups is 1. The Kier molecular flexibility index (Phi) is 1.12. The van der Waals surface area contributed by atoms with Crippen molar-refractivity contribution >= 4 is 11.8 Å². The number of hydrogen-bond donors (Lipinski definition) is 1. The van der Waals surface area contributed by atoms with Crippen LogP contribution in [0.1, 0.15) is 19.8 Å². The number of carbonyl (C=O) groups excluding carboxylic acids is 2. The van der Waals surface area contributed by atoms with Gasteiger partial charge in [-0.3, -0.25) is 14.9 Å². The van der Waals surface area contributed by atoms with Gasteiger partial charge in [0.1, 0.15) is 0 Å². The molecule has 3 aliphatic rings. The first-order valence-corrected chi connectivity index (χ1v) is 4.64. The lowest BCUT2D eigenvalue weighted by molar-refractivity contribution is -0.130. The summed E-state index contributed by atoms with van der Waals surface area (Å²) < 4.78 is 5.69. The molecule has 70 valence electrons. The fourth-order valence-electron chi connectivity index (χ4n) is 3.01. The first kappa shape index (κ1) is 7.50. The number of ether oxygens (including phenoxy) is 1. The van der Waals surface area contributed by atoms with Gasteiger partial charge in [0, 0.05) is 0 Å². The summed E-state index contributed by atoms with van der Waals surface area (Å²) in [6, 6.07) is 0. The van der Waals surface area contributed by atoms with Gasteiger partial charge in [0.05, 0.1) is 23.5 Å². The van der Waals surface area contributed by atoms with Crippen molar-refractivity contribution in [2.24, 2.45) is 11.8 Å². The molecule has 3 rings (SSSR count). The molecule has 0 aromatic heterocycles. The number of fused-ring (bicyclic) bond motifs is 5. The Bertz CT molecular complexity index is 314. The summed E-state index contributed by atoms with van der Waals surface area (Å²) in [7, 11) is 0. The van der Waals surface area contributed by atoms with Crippen LogP contribution in [0.2, 0.25) is 0 Å². The standard InChI is InChI=1S/C9H11NO3/c1-9-3-2-4(13-9)5-6(9)8(12)10-7(5)11/h4-6H,2-3H2,1H3,(H,10,11,12)/t4-,5+,6-,9+/m1/s1. The maximum absolute atomic E-state index is 11.4. The van der Waals surface area contributed by atoms with E-state index in [9.17, 15) is 9.59 Å².